The molecule has 0 saturated heterocycles. The Kier molecular flexibility index (Phi) is 6.57. The summed E-state index contributed by atoms with van der Waals surface area (Å²) in [5.74, 6) is 0.666. The number of furan rings is 1. The molecule has 0 spiro atoms. The highest BCUT2D eigenvalue weighted by atomic mass is 16.3. The number of carbonyl (C=O) groups excluding carboxylic acids is 1. The van der Waals surface area contributed by atoms with Gasteiger partial charge in [-0.15, -0.1) is 0 Å². The first-order valence-electron chi connectivity index (χ1n) is 10.1. The third-order valence-corrected chi connectivity index (χ3v) is 5.58. The minimum atomic E-state index is -0.107. The number of amides is 1. The number of phenolic OH excluding ortho intramolecular Hbond substituents is 1. The zero-order chi connectivity index (χ0) is 20.1. The summed E-state index contributed by atoms with van der Waals surface area (Å²) in [6.07, 6.45) is 9.31. The van der Waals surface area contributed by atoms with E-state index in [9.17, 15) is 9.90 Å². The monoisotopic (exact) mass is 383 g/mol. The molecule has 0 radical (unpaired) electrons. The van der Waals surface area contributed by atoms with E-state index in [0.717, 1.165) is 49.7 Å². The maximum atomic E-state index is 13.1. The summed E-state index contributed by atoms with van der Waals surface area (Å²) in [5.41, 5.74) is 1.92. The minimum absolute atomic E-state index is 0.107. The zero-order valence-corrected chi connectivity index (χ0v) is 16.7. The highest BCUT2D eigenvalue weighted by Crippen LogP contribution is 2.33. The van der Waals surface area contributed by atoms with E-state index in [0.29, 0.717) is 23.5 Å². The first-order chi connectivity index (χ1) is 13.5. The van der Waals surface area contributed by atoms with Crippen LogP contribution in [0.3, 0.4) is 0 Å². The van der Waals surface area contributed by atoms with Gasteiger partial charge in [0.1, 0.15) is 23.6 Å². The lowest BCUT2D eigenvalue weighted by Gasteiger charge is -2.23. The molecule has 0 unspecified atom stereocenters. The molecule has 1 amide bonds. The molecule has 1 aromatic carbocycles. The van der Waals surface area contributed by atoms with Crippen molar-refractivity contribution in [2.24, 2.45) is 0 Å². The summed E-state index contributed by atoms with van der Waals surface area (Å²) in [4.78, 5) is 14.3. The van der Waals surface area contributed by atoms with Crippen LogP contribution in [0.5, 0.6) is 5.75 Å². The van der Waals surface area contributed by atoms with Crippen LogP contribution in [0.2, 0.25) is 0 Å². The Morgan fingerprint density at radius 1 is 1.25 bits per heavy atom. The highest BCUT2D eigenvalue weighted by Gasteiger charge is 2.26. The van der Waals surface area contributed by atoms with Crippen LogP contribution < -0.4 is 10.2 Å². The molecule has 1 aromatic heterocycles. The van der Waals surface area contributed by atoms with Gasteiger partial charge in [0.15, 0.2) is 0 Å². The van der Waals surface area contributed by atoms with Crippen molar-refractivity contribution in [3.8, 4) is 5.75 Å². The number of quaternary nitrogens is 1. The summed E-state index contributed by atoms with van der Waals surface area (Å²) >= 11 is 0. The summed E-state index contributed by atoms with van der Waals surface area (Å²) in [6, 6.07) is 3.59. The van der Waals surface area contributed by atoms with Crippen molar-refractivity contribution in [2.75, 3.05) is 13.1 Å². The fourth-order valence-electron chi connectivity index (χ4n) is 4.21. The second kappa shape index (κ2) is 9.11. The Hall–Kier alpha value is -2.53. The van der Waals surface area contributed by atoms with Crippen LogP contribution in [0.15, 0.2) is 41.9 Å². The Balaban J connectivity index is 1.99. The Labute approximate surface area is 166 Å². The van der Waals surface area contributed by atoms with Crippen LogP contribution in [-0.2, 0) is 6.54 Å². The maximum Gasteiger partial charge on any atom is 0.255 e. The molecule has 1 saturated carbocycles. The predicted octanol–water partition coefficient (Wildman–Crippen LogP) is 3.27. The number of rotatable bonds is 8. The van der Waals surface area contributed by atoms with E-state index < -0.39 is 0 Å². The van der Waals surface area contributed by atoms with Gasteiger partial charge in [-0.25, -0.2) is 0 Å². The average Bonchev–Trinajstić information content (AvgIpc) is 3.01. The van der Waals surface area contributed by atoms with E-state index >= 15 is 0 Å². The molecule has 1 aliphatic carbocycles. The van der Waals surface area contributed by atoms with E-state index in [4.69, 9.17) is 4.42 Å². The molecule has 5 heteroatoms. The van der Waals surface area contributed by atoms with Crippen LogP contribution in [0.25, 0.3) is 11.0 Å². The summed E-state index contributed by atoms with van der Waals surface area (Å²) in [5, 5.41) is 14.5. The van der Waals surface area contributed by atoms with Crippen molar-refractivity contribution in [2.45, 2.75) is 51.6 Å². The smallest absolute Gasteiger partial charge is 0.255 e. The maximum absolute atomic E-state index is 13.1. The number of aromatic hydroxyl groups is 1. The summed E-state index contributed by atoms with van der Waals surface area (Å²) in [6.45, 7) is 11.5. The SMILES string of the molecule is C=CC[NH+](CC=C)Cc1c(O)ccc2oc(C)c(C(=O)NC3CCCCC3)c12. The molecule has 1 fully saturated rings. The molecule has 3 N–H and O–H groups in total. The van der Waals surface area contributed by atoms with Gasteiger partial charge < -0.3 is 19.7 Å². The van der Waals surface area contributed by atoms with Gasteiger partial charge in [-0.2, -0.15) is 0 Å². The number of aryl methyl sites for hydroxylation is 1. The molecule has 28 heavy (non-hydrogen) atoms. The van der Waals surface area contributed by atoms with Crippen LogP contribution in [0.4, 0.5) is 0 Å². The van der Waals surface area contributed by atoms with Gasteiger partial charge in [0, 0.05) is 11.4 Å². The van der Waals surface area contributed by atoms with Gasteiger partial charge in [0.05, 0.1) is 24.2 Å². The molecule has 0 atom stereocenters. The number of benzene rings is 1. The quantitative estimate of drug-likeness (QED) is 0.613. The van der Waals surface area contributed by atoms with Crippen molar-refractivity contribution in [3.05, 3.63) is 54.3 Å². The Morgan fingerprint density at radius 3 is 2.57 bits per heavy atom. The number of hydrogen-bond acceptors (Lipinski definition) is 3. The number of hydrogen-bond donors (Lipinski definition) is 3. The molecular weight excluding hydrogens is 352 g/mol. The van der Waals surface area contributed by atoms with Crippen molar-refractivity contribution >= 4 is 16.9 Å². The number of phenols is 1. The second-order valence-corrected chi connectivity index (χ2v) is 7.69. The van der Waals surface area contributed by atoms with Gasteiger partial charge in [-0.3, -0.25) is 4.79 Å². The standard InChI is InChI=1S/C23H30N2O3/c1-4-13-25(14-5-2)15-18-19(26)11-12-20-22(18)21(16(3)28-20)23(27)24-17-9-7-6-8-10-17/h4-5,11-12,17,26H,1-2,6-10,13-15H2,3H3,(H,24,27)/p+1. The Morgan fingerprint density at radius 2 is 1.93 bits per heavy atom. The molecule has 0 bridgehead atoms. The number of carbonyl (C=O) groups is 1. The largest absolute Gasteiger partial charge is 0.507 e. The van der Waals surface area contributed by atoms with Crippen LogP contribution in [0.1, 0.15) is 53.8 Å². The second-order valence-electron chi connectivity index (χ2n) is 7.69. The summed E-state index contributed by atoms with van der Waals surface area (Å²) < 4.78 is 5.89. The van der Waals surface area contributed by atoms with Crippen LogP contribution in [-0.4, -0.2) is 30.1 Å². The van der Waals surface area contributed by atoms with E-state index in [-0.39, 0.29) is 17.7 Å². The molecule has 3 rings (SSSR count). The third kappa shape index (κ3) is 4.30. The van der Waals surface area contributed by atoms with Crippen molar-refractivity contribution in [1.82, 2.24) is 5.32 Å². The van der Waals surface area contributed by atoms with Gasteiger partial charge in [0.2, 0.25) is 0 Å². The average molecular weight is 384 g/mol. The molecule has 1 heterocycles. The van der Waals surface area contributed by atoms with Crippen LogP contribution >= 0.6 is 0 Å². The minimum Gasteiger partial charge on any atom is -0.507 e. The lowest BCUT2D eigenvalue weighted by Crippen LogP contribution is -3.10. The van der Waals surface area contributed by atoms with Gasteiger partial charge >= 0.3 is 0 Å². The highest BCUT2D eigenvalue weighted by molar-refractivity contribution is 6.09. The number of fused-ring (bicyclic) bond motifs is 1. The fraction of sp³-hybridized carbons (Fsp3) is 0.435. The molecule has 2 aromatic rings. The van der Waals surface area contributed by atoms with E-state index in [1.165, 1.54) is 11.3 Å². The van der Waals surface area contributed by atoms with E-state index in [1.54, 1.807) is 12.1 Å². The first-order valence-corrected chi connectivity index (χ1v) is 10.1. The lowest BCUT2D eigenvalue weighted by molar-refractivity contribution is -0.902. The number of nitrogens with one attached hydrogen (secondary N) is 2. The molecule has 1 aliphatic rings. The van der Waals surface area contributed by atoms with E-state index in [1.807, 2.05) is 19.1 Å². The predicted molar refractivity (Wildman–Crippen MR) is 112 cm³/mol. The van der Waals surface area contributed by atoms with Crippen molar-refractivity contribution in [3.63, 3.8) is 0 Å². The van der Waals surface area contributed by atoms with E-state index in [2.05, 4.69) is 18.5 Å². The van der Waals surface area contributed by atoms with Crippen molar-refractivity contribution < 1.29 is 19.2 Å². The Bertz CT molecular complexity index is 852. The normalized spacial score (nSPS) is 15.1. The zero-order valence-electron chi connectivity index (χ0n) is 16.7. The fourth-order valence-corrected chi connectivity index (χ4v) is 4.21. The van der Waals surface area contributed by atoms with Gasteiger partial charge in [-0.1, -0.05) is 32.4 Å². The van der Waals surface area contributed by atoms with Crippen molar-refractivity contribution in [1.29, 1.82) is 0 Å². The summed E-state index contributed by atoms with van der Waals surface area (Å²) in [7, 11) is 0. The third-order valence-electron chi connectivity index (χ3n) is 5.58. The molecular formula is C23H31N2O3+. The molecule has 5 nitrogen and oxygen atoms in total. The van der Waals surface area contributed by atoms with Gasteiger partial charge in [-0.05, 0) is 44.1 Å². The topological polar surface area (TPSA) is 66.9 Å². The first kappa shape index (κ1) is 20.2. The van der Waals surface area contributed by atoms with Crippen LogP contribution in [0, 0.1) is 6.92 Å². The molecule has 0 aliphatic heterocycles. The molecule has 150 valence electrons. The lowest BCUT2D eigenvalue weighted by atomic mass is 9.95. The van der Waals surface area contributed by atoms with Gasteiger partial charge in [0.25, 0.3) is 5.91 Å².